The van der Waals surface area contributed by atoms with Crippen LogP contribution in [0.5, 0.6) is 5.75 Å². The van der Waals surface area contributed by atoms with Crippen molar-refractivity contribution in [3.8, 4) is 5.75 Å². The van der Waals surface area contributed by atoms with Crippen molar-refractivity contribution >= 4 is 11.6 Å². The van der Waals surface area contributed by atoms with E-state index in [0.717, 1.165) is 29.9 Å². The van der Waals surface area contributed by atoms with Gasteiger partial charge in [0.05, 0.1) is 12.8 Å². The normalized spacial score (nSPS) is 11.4. The second-order valence-corrected chi connectivity index (χ2v) is 6.54. The molecular weight excluding hydrogens is 312 g/mol. The number of ether oxygens (including phenoxy) is 1. The Bertz CT molecular complexity index is 509. The summed E-state index contributed by atoms with van der Waals surface area (Å²) in [5.74, 6) is 0.807. The number of carbonyl (C=O) groups excluding carboxylic acids is 1. The molecule has 1 aromatic rings. The summed E-state index contributed by atoms with van der Waals surface area (Å²) in [4.78, 5) is 11.8. The first-order valence-corrected chi connectivity index (χ1v) is 9.65. The van der Waals surface area contributed by atoms with E-state index in [1.807, 2.05) is 31.2 Å². The number of hydrogen-bond acceptors (Lipinski definition) is 3. The third-order valence-electron chi connectivity index (χ3n) is 4.36. The van der Waals surface area contributed by atoms with Crippen LogP contribution in [0, 0.1) is 0 Å². The first kappa shape index (κ1) is 21.2. The van der Waals surface area contributed by atoms with Gasteiger partial charge in [0.25, 0.3) is 0 Å². The van der Waals surface area contributed by atoms with Gasteiger partial charge in [-0.1, -0.05) is 58.3 Å². The molecule has 0 aliphatic heterocycles. The standard InChI is InChI=1S/C21H34N2O2/c1-4-5-6-7-8-9-10-11-12-13-21(24)23-22-18(2)19-14-16-20(25-3)17-15-19/h14-17H,4-13H2,1-3H3,(H,23,24)/b22-18+. The summed E-state index contributed by atoms with van der Waals surface area (Å²) in [7, 11) is 1.64. The number of rotatable bonds is 13. The van der Waals surface area contributed by atoms with Crippen LogP contribution >= 0.6 is 0 Å². The second-order valence-electron chi connectivity index (χ2n) is 6.54. The summed E-state index contributed by atoms with van der Waals surface area (Å²) >= 11 is 0. The minimum atomic E-state index is -0.00388. The molecule has 4 nitrogen and oxygen atoms in total. The zero-order valence-corrected chi connectivity index (χ0v) is 16.1. The van der Waals surface area contributed by atoms with Crippen LogP contribution < -0.4 is 10.2 Å². The number of hydrazone groups is 1. The molecule has 0 aliphatic carbocycles. The molecule has 4 heteroatoms. The van der Waals surface area contributed by atoms with Gasteiger partial charge in [0, 0.05) is 6.42 Å². The van der Waals surface area contributed by atoms with Crippen molar-refractivity contribution in [1.82, 2.24) is 5.43 Å². The van der Waals surface area contributed by atoms with E-state index in [0.29, 0.717) is 6.42 Å². The van der Waals surface area contributed by atoms with Crippen molar-refractivity contribution in [2.24, 2.45) is 5.10 Å². The summed E-state index contributed by atoms with van der Waals surface area (Å²) < 4.78 is 5.13. The van der Waals surface area contributed by atoms with Crippen molar-refractivity contribution in [3.05, 3.63) is 29.8 Å². The molecule has 0 atom stereocenters. The van der Waals surface area contributed by atoms with Gasteiger partial charge in [-0.15, -0.1) is 0 Å². The average Bonchev–Trinajstić information content (AvgIpc) is 2.64. The monoisotopic (exact) mass is 346 g/mol. The van der Waals surface area contributed by atoms with Crippen LogP contribution in [-0.2, 0) is 4.79 Å². The lowest BCUT2D eigenvalue weighted by Gasteiger charge is -2.05. The average molecular weight is 347 g/mol. The van der Waals surface area contributed by atoms with E-state index in [1.165, 1.54) is 44.9 Å². The van der Waals surface area contributed by atoms with E-state index in [-0.39, 0.29) is 5.91 Å². The first-order valence-electron chi connectivity index (χ1n) is 9.65. The minimum absolute atomic E-state index is 0.00388. The molecule has 1 amide bonds. The number of nitrogens with one attached hydrogen (secondary N) is 1. The molecule has 0 aromatic heterocycles. The first-order chi connectivity index (χ1) is 12.2. The molecule has 0 radical (unpaired) electrons. The van der Waals surface area contributed by atoms with Gasteiger partial charge in [0.2, 0.25) is 5.91 Å². The van der Waals surface area contributed by atoms with Crippen LogP contribution in [0.1, 0.15) is 83.6 Å². The molecular formula is C21H34N2O2. The molecule has 0 bridgehead atoms. The largest absolute Gasteiger partial charge is 0.497 e. The summed E-state index contributed by atoms with van der Waals surface area (Å²) in [5.41, 5.74) is 4.42. The van der Waals surface area contributed by atoms with E-state index in [9.17, 15) is 4.79 Å². The van der Waals surface area contributed by atoms with Gasteiger partial charge >= 0.3 is 0 Å². The Kier molecular flexibility index (Phi) is 11.4. The third kappa shape index (κ3) is 9.90. The molecule has 0 aliphatic rings. The fraction of sp³-hybridized carbons (Fsp3) is 0.619. The molecule has 0 unspecified atom stereocenters. The van der Waals surface area contributed by atoms with Crippen LogP contribution in [0.15, 0.2) is 29.4 Å². The van der Waals surface area contributed by atoms with Gasteiger partial charge < -0.3 is 4.74 Å². The predicted octanol–water partition coefficient (Wildman–Crippen LogP) is 5.46. The number of unbranched alkanes of at least 4 members (excludes halogenated alkanes) is 8. The van der Waals surface area contributed by atoms with Crippen molar-refractivity contribution in [3.63, 3.8) is 0 Å². The van der Waals surface area contributed by atoms with E-state index in [2.05, 4.69) is 17.5 Å². The highest BCUT2D eigenvalue weighted by Crippen LogP contribution is 2.12. The Morgan fingerprint density at radius 3 is 2.08 bits per heavy atom. The Morgan fingerprint density at radius 1 is 0.960 bits per heavy atom. The van der Waals surface area contributed by atoms with E-state index in [4.69, 9.17) is 4.74 Å². The lowest BCUT2D eigenvalue weighted by molar-refractivity contribution is -0.121. The SMILES string of the molecule is CCCCCCCCCCCC(=O)N/N=C(\C)c1ccc(OC)cc1. The fourth-order valence-corrected chi connectivity index (χ4v) is 2.70. The molecule has 0 fully saturated rings. The van der Waals surface area contributed by atoms with Crippen LogP contribution in [0.3, 0.4) is 0 Å². The molecule has 0 heterocycles. The third-order valence-corrected chi connectivity index (χ3v) is 4.36. The fourth-order valence-electron chi connectivity index (χ4n) is 2.70. The molecule has 25 heavy (non-hydrogen) atoms. The highest BCUT2D eigenvalue weighted by atomic mass is 16.5. The molecule has 1 N–H and O–H groups in total. The van der Waals surface area contributed by atoms with Gasteiger partial charge in [-0.25, -0.2) is 5.43 Å². The zero-order chi connectivity index (χ0) is 18.3. The Morgan fingerprint density at radius 2 is 1.52 bits per heavy atom. The number of benzene rings is 1. The van der Waals surface area contributed by atoms with Gasteiger partial charge in [-0.3, -0.25) is 4.79 Å². The van der Waals surface area contributed by atoms with E-state index >= 15 is 0 Å². The zero-order valence-electron chi connectivity index (χ0n) is 16.1. The second kappa shape index (κ2) is 13.5. The maximum absolute atomic E-state index is 11.8. The maximum atomic E-state index is 11.8. The van der Waals surface area contributed by atoms with E-state index < -0.39 is 0 Å². The quantitative estimate of drug-likeness (QED) is 0.293. The summed E-state index contributed by atoms with van der Waals surface area (Å²) in [6.45, 7) is 4.13. The van der Waals surface area contributed by atoms with E-state index in [1.54, 1.807) is 7.11 Å². The lowest BCUT2D eigenvalue weighted by atomic mass is 10.1. The Hall–Kier alpha value is -1.84. The summed E-state index contributed by atoms with van der Waals surface area (Å²) in [5, 5.41) is 4.18. The smallest absolute Gasteiger partial charge is 0.240 e. The Balaban J connectivity index is 2.13. The highest BCUT2D eigenvalue weighted by Gasteiger charge is 2.02. The van der Waals surface area contributed by atoms with Gasteiger partial charge in [0.15, 0.2) is 0 Å². The van der Waals surface area contributed by atoms with Crippen LogP contribution in [-0.4, -0.2) is 18.7 Å². The van der Waals surface area contributed by atoms with Gasteiger partial charge in [-0.05, 0) is 43.2 Å². The Labute approximate surface area is 153 Å². The number of methoxy groups -OCH3 is 1. The number of carbonyl (C=O) groups is 1. The molecule has 0 spiro atoms. The molecule has 140 valence electrons. The topological polar surface area (TPSA) is 50.7 Å². The maximum Gasteiger partial charge on any atom is 0.240 e. The van der Waals surface area contributed by atoms with Crippen molar-refractivity contribution in [1.29, 1.82) is 0 Å². The van der Waals surface area contributed by atoms with Crippen LogP contribution in [0.25, 0.3) is 0 Å². The lowest BCUT2D eigenvalue weighted by Crippen LogP contribution is -2.18. The number of amides is 1. The number of nitrogens with zero attached hydrogens (tertiary/aromatic N) is 1. The molecule has 1 rings (SSSR count). The summed E-state index contributed by atoms with van der Waals surface area (Å²) in [6, 6.07) is 7.64. The van der Waals surface area contributed by atoms with Crippen molar-refractivity contribution < 1.29 is 9.53 Å². The van der Waals surface area contributed by atoms with Crippen LogP contribution in [0.2, 0.25) is 0 Å². The molecule has 0 saturated heterocycles. The predicted molar refractivity (Wildman–Crippen MR) is 105 cm³/mol. The van der Waals surface area contributed by atoms with Gasteiger partial charge in [-0.2, -0.15) is 5.10 Å². The van der Waals surface area contributed by atoms with Crippen LogP contribution in [0.4, 0.5) is 0 Å². The number of hydrogen-bond donors (Lipinski definition) is 1. The van der Waals surface area contributed by atoms with Crippen molar-refractivity contribution in [2.45, 2.75) is 78.1 Å². The highest BCUT2D eigenvalue weighted by molar-refractivity contribution is 5.99. The van der Waals surface area contributed by atoms with Crippen molar-refractivity contribution in [2.75, 3.05) is 7.11 Å². The molecule has 0 saturated carbocycles. The molecule has 1 aromatic carbocycles. The van der Waals surface area contributed by atoms with Gasteiger partial charge in [0.1, 0.15) is 5.75 Å². The summed E-state index contributed by atoms with van der Waals surface area (Å²) in [6.07, 6.45) is 11.9. The minimum Gasteiger partial charge on any atom is -0.497 e.